The van der Waals surface area contributed by atoms with Crippen molar-refractivity contribution in [1.29, 1.82) is 0 Å². The standard InChI is InChI=1S/C18H16N4O5/c1-2-20-17(24)13-12-7-4-8-19-21(12)15(14(13)18(20)25)16(23)10-5-3-6-11(9-10)22(26)27/h3-9,12-15H,2H2,1H3. The number of imide groups is 1. The van der Waals surface area contributed by atoms with Crippen molar-refractivity contribution in [1.82, 2.24) is 9.91 Å². The van der Waals surface area contributed by atoms with Gasteiger partial charge in [-0.1, -0.05) is 18.2 Å². The molecule has 0 aliphatic carbocycles. The van der Waals surface area contributed by atoms with Crippen LogP contribution in [0.15, 0.2) is 41.5 Å². The van der Waals surface area contributed by atoms with Gasteiger partial charge in [-0.05, 0) is 13.0 Å². The largest absolute Gasteiger partial charge is 0.292 e. The highest BCUT2D eigenvalue weighted by Crippen LogP contribution is 2.45. The molecule has 0 saturated carbocycles. The van der Waals surface area contributed by atoms with E-state index in [9.17, 15) is 24.5 Å². The number of non-ortho nitro benzene ring substituents is 1. The molecule has 2 amide bonds. The predicted octanol–water partition coefficient (Wildman–Crippen LogP) is 1.01. The zero-order chi connectivity index (χ0) is 19.3. The van der Waals surface area contributed by atoms with E-state index in [0.717, 1.165) is 0 Å². The highest BCUT2D eigenvalue weighted by molar-refractivity contribution is 6.12. The van der Waals surface area contributed by atoms with Gasteiger partial charge in [0, 0.05) is 30.5 Å². The molecule has 1 aromatic rings. The van der Waals surface area contributed by atoms with Crippen molar-refractivity contribution >= 4 is 29.5 Å². The lowest BCUT2D eigenvalue weighted by atomic mass is 9.86. The zero-order valence-electron chi connectivity index (χ0n) is 14.4. The maximum absolute atomic E-state index is 13.2. The topological polar surface area (TPSA) is 113 Å². The van der Waals surface area contributed by atoms with Crippen molar-refractivity contribution in [3.05, 3.63) is 52.1 Å². The molecule has 27 heavy (non-hydrogen) atoms. The Hall–Kier alpha value is -3.36. The molecule has 4 atom stereocenters. The number of hydrogen-bond donors (Lipinski definition) is 0. The first kappa shape index (κ1) is 17.1. The molecular formula is C18H16N4O5. The first-order chi connectivity index (χ1) is 13.0. The van der Waals surface area contributed by atoms with E-state index < -0.39 is 40.5 Å². The van der Waals surface area contributed by atoms with Gasteiger partial charge >= 0.3 is 0 Å². The molecule has 9 nitrogen and oxygen atoms in total. The average molecular weight is 368 g/mol. The first-order valence-electron chi connectivity index (χ1n) is 8.58. The second-order valence-electron chi connectivity index (χ2n) is 6.61. The molecule has 3 aliphatic heterocycles. The Balaban J connectivity index is 1.78. The fourth-order valence-corrected chi connectivity index (χ4v) is 4.15. The molecule has 9 heteroatoms. The number of nitro groups is 1. The van der Waals surface area contributed by atoms with Crippen LogP contribution in [0.25, 0.3) is 0 Å². The van der Waals surface area contributed by atoms with Crippen LogP contribution in [0.2, 0.25) is 0 Å². The first-order valence-corrected chi connectivity index (χ1v) is 8.58. The summed E-state index contributed by atoms with van der Waals surface area (Å²) < 4.78 is 0. The fraction of sp³-hybridized carbons (Fsp3) is 0.333. The zero-order valence-corrected chi connectivity index (χ0v) is 14.4. The Kier molecular flexibility index (Phi) is 3.87. The molecule has 4 rings (SSSR count). The van der Waals surface area contributed by atoms with Crippen molar-refractivity contribution in [3.8, 4) is 0 Å². The second-order valence-corrected chi connectivity index (χ2v) is 6.61. The van der Waals surface area contributed by atoms with Gasteiger partial charge in [0.15, 0.2) is 5.78 Å². The number of rotatable bonds is 4. The number of benzene rings is 1. The third kappa shape index (κ3) is 2.38. The number of nitrogens with zero attached hydrogens (tertiary/aromatic N) is 4. The molecule has 0 spiro atoms. The molecule has 2 saturated heterocycles. The molecule has 0 bridgehead atoms. The molecule has 0 N–H and O–H groups in total. The van der Waals surface area contributed by atoms with Gasteiger partial charge in [0.25, 0.3) is 5.69 Å². The second kappa shape index (κ2) is 6.11. The third-order valence-corrected chi connectivity index (χ3v) is 5.31. The Labute approximate surface area is 154 Å². The average Bonchev–Trinajstić information content (AvgIpc) is 3.14. The van der Waals surface area contributed by atoms with Crippen molar-refractivity contribution in [2.45, 2.75) is 19.0 Å². The summed E-state index contributed by atoms with van der Waals surface area (Å²) in [6.07, 6.45) is 4.94. The SMILES string of the molecule is CCN1C(=O)C2C(C1=O)C(C(=O)c1cccc([N+](=O)[O-])c1)N1N=CC=CC21. The number of carbonyl (C=O) groups is 3. The number of hydrazone groups is 1. The summed E-state index contributed by atoms with van der Waals surface area (Å²) in [5.41, 5.74) is -0.0912. The molecule has 0 aromatic heterocycles. The molecule has 2 fully saturated rings. The summed E-state index contributed by atoms with van der Waals surface area (Å²) in [5, 5.41) is 16.7. The van der Waals surface area contributed by atoms with E-state index in [1.54, 1.807) is 19.1 Å². The van der Waals surface area contributed by atoms with Crippen LogP contribution in [0.3, 0.4) is 0 Å². The summed E-state index contributed by atoms with van der Waals surface area (Å²) >= 11 is 0. The maximum Gasteiger partial charge on any atom is 0.270 e. The van der Waals surface area contributed by atoms with Gasteiger partial charge in [0.1, 0.15) is 6.04 Å². The summed E-state index contributed by atoms with van der Waals surface area (Å²) in [5.74, 6) is -2.69. The van der Waals surface area contributed by atoms with Gasteiger partial charge in [-0.15, -0.1) is 0 Å². The number of nitro benzene ring substituents is 1. The third-order valence-electron chi connectivity index (χ3n) is 5.31. The normalized spacial score (nSPS) is 28.5. The Bertz CT molecular complexity index is 924. The van der Waals surface area contributed by atoms with E-state index in [1.165, 1.54) is 40.4 Å². The van der Waals surface area contributed by atoms with Crippen LogP contribution in [0.1, 0.15) is 17.3 Å². The summed E-state index contributed by atoms with van der Waals surface area (Å²) in [4.78, 5) is 50.4. The summed E-state index contributed by atoms with van der Waals surface area (Å²) in [6.45, 7) is 1.95. The van der Waals surface area contributed by atoms with Crippen LogP contribution >= 0.6 is 0 Å². The van der Waals surface area contributed by atoms with Crippen molar-refractivity contribution < 1.29 is 19.3 Å². The van der Waals surface area contributed by atoms with Crippen LogP contribution < -0.4 is 0 Å². The van der Waals surface area contributed by atoms with Gasteiger partial charge in [-0.3, -0.25) is 34.4 Å². The van der Waals surface area contributed by atoms with Crippen molar-refractivity contribution in [2.75, 3.05) is 6.54 Å². The fourth-order valence-electron chi connectivity index (χ4n) is 4.15. The predicted molar refractivity (Wildman–Crippen MR) is 93.8 cm³/mol. The van der Waals surface area contributed by atoms with E-state index in [-0.39, 0.29) is 23.7 Å². The van der Waals surface area contributed by atoms with Crippen LogP contribution in [0.4, 0.5) is 5.69 Å². The Morgan fingerprint density at radius 3 is 2.70 bits per heavy atom. The van der Waals surface area contributed by atoms with E-state index >= 15 is 0 Å². The lowest BCUT2D eigenvalue weighted by Crippen LogP contribution is -2.45. The van der Waals surface area contributed by atoms with Gasteiger partial charge in [0.05, 0.1) is 22.8 Å². The van der Waals surface area contributed by atoms with E-state index in [1.807, 2.05) is 0 Å². The summed E-state index contributed by atoms with van der Waals surface area (Å²) in [6, 6.07) is 3.92. The smallest absolute Gasteiger partial charge is 0.270 e. The summed E-state index contributed by atoms with van der Waals surface area (Å²) in [7, 11) is 0. The highest BCUT2D eigenvalue weighted by atomic mass is 16.6. The van der Waals surface area contributed by atoms with Crippen LogP contribution in [-0.4, -0.2) is 57.3 Å². The van der Waals surface area contributed by atoms with E-state index in [4.69, 9.17) is 0 Å². The minimum Gasteiger partial charge on any atom is -0.292 e. The molecule has 3 aliphatic rings. The van der Waals surface area contributed by atoms with Gasteiger partial charge in [-0.25, -0.2) is 0 Å². The quantitative estimate of drug-likeness (QED) is 0.339. The number of amides is 2. The molecule has 1 aromatic carbocycles. The number of likely N-dealkylation sites (tertiary alicyclic amines) is 1. The number of allylic oxidation sites excluding steroid dienone is 1. The minimum atomic E-state index is -0.976. The number of Topliss-reactive ketones (excluding diaryl/α,β-unsaturated/α-hetero) is 1. The molecule has 3 heterocycles. The lowest BCUT2D eigenvalue weighted by molar-refractivity contribution is -0.384. The maximum atomic E-state index is 13.2. The van der Waals surface area contributed by atoms with Gasteiger partial charge in [-0.2, -0.15) is 5.10 Å². The molecule has 138 valence electrons. The highest BCUT2D eigenvalue weighted by Gasteiger charge is 2.63. The van der Waals surface area contributed by atoms with Crippen LogP contribution in [0, 0.1) is 22.0 Å². The molecule has 0 radical (unpaired) electrons. The Morgan fingerprint density at radius 2 is 2.00 bits per heavy atom. The Morgan fingerprint density at radius 1 is 1.26 bits per heavy atom. The lowest BCUT2D eigenvalue weighted by Gasteiger charge is -2.30. The van der Waals surface area contributed by atoms with Crippen LogP contribution in [-0.2, 0) is 9.59 Å². The minimum absolute atomic E-state index is 0.119. The number of hydrogen-bond acceptors (Lipinski definition) is 7. The molecule has 4 unspecified atom stereocenters. The van der Waals surface area contributed by atoms with Crippen LogP contribution in [0.5, 0.6) is 0 Å². The van der Waals surface area contributed by atoms with Crippen molar-refractivity contribution in [2.24, 2.45) is 16.9 Å². The van der Waals surface area contributed by atoms with Gasteiger partial charge < -0.3 is 0 Å². The van der Waals surface area contributed by atoms with E-state index in [2.05, 4.69) is 5.10 Å². The van der Waals surface area contributed by atoms with E-state index in [0.29, 0.717) is 0 Å². The number of fused-ring (bicyclic) bond motifs is 3. The van der Waals surface area contributed by atoms with Gasteiger partial charge in [0.2, 0.25) is 11.8 Å². The monoisotopic (exact) mass is 368 g/mol. The number of carbonyl (C=O) groups excluding carboxylic acids is 3. The number of ketones is 1. The molecular weight excluding hydrogens is 352 g/mol. The van der Waals surface area contributed by atoms with Crippen molar-refractivity contribution in [3.63, 3.8) is 0 Å².